The lowest BCUT2D eigenvalue weighted by Crippen LogP contribution is -2.60. The molecule has 8 rings (SSSR count). The van der Waals surface area contributed by atoms with Gasteiger partial charge in [0, 0.05) is 49.7 Å². The summed E-state index contributed by atoms with van der Waals surface area (Å²) in [6.07, 6.45) is 19.7. The predicted octanol–water partition coefficient (Wildman–Crippen LogP) is 6.18. The van der Waals surface area contributed by atoms with Crippen molar-refractivity contribution in [3.05, 3.63) is 71.7 Å². The van der Waals surface area contributed by atoms with Crippen LogP contribution in [-0.2, 0) is 9.59 Å². The van der Waals surface area contributed by atoms with Gasteiger partial charge in [0.05, 0.1) is 22.9 Å². The molecule has 5 heterocycles. The monoisotopic (exact) mass is 867 g/mol. The molecule has 4 N–H and O–H groups in total. The number of rotatable bonds is 16. The number of fused-ring (bicyclic) bond motifs is 1. The number of aromatic nitrogens is 2. The van der Waals surface area contributed by atoms with Gasteiger partial charge in [-0.25, -0.2) is 9.97 Å². The first-order valence-corrected chi connectivity index (χ1v) is 23.5. The average Bonchev–Trinajstić information content (AvgIpc) is 3.51. The van der Waals surface area contributed by atoms with E-state index in [1.165, 1.54) is 44.9 Å². The standard InChI is InChI=1S/C39H46N8O6.C7H15NS/c1-45-19-15-39(16-20-45)23-46(24-39)34-32(22-40-25-43-34)53-31-10-6-5-9-28(31)35(49)42-18-8-4-2-3-7-17-41-26-11-12-27-29(21-26)38(52)47(37(27)51)30-13-14-33(48)44-36(30)50;1-9-8-7-5-3-2-4-6-7/h5-6,9-12,21-22,25,30,41H,2-4,7-8,13-20,23-24H2,1H3,(H,42,49)(H,44,48,50);7-8H,2-6H2,1H3. The molecule has 4 fully saturated rings. The molecule has 2 aromatic carbocycles. The van der Waals surface area contributed by atoms with Gasteiger partial charge < -0.3 is 25.2 Å². The number of hydrogen-bond acceptors (Lipinski definition) is 13. The molecule has 4 aliphatic heterocycles. The van der Waals surface area contributed by atoms with Crippen molar-refractivity contribution >= 4 is 53.0 Å². The number of carbonyl (C=O) groups excluding carboxylic acids is 5. The number of ether oxygens (including phenoxy) is 1. The van der Waals surface area contributed by atoms with Gasteiger partial charge >= 0.3 is 0 Å². The third-order valence-corrected chi connectivity index (χ3v) is 13.3. The predicted molar refractivity (Wildman–Crippen MR) is 240 cm³/mol. The van der Waals surface area contributed by atoms with Crippen LogP contribution >= 0.6 is 11.9 Å². The number of imide groups is 2. The Morgan fingerprint density at radius 2 is 1.61 bits per heavy atom. The van der Waals surface area contributed by atoms with Gasteiger partial charge in [0.25, 0.3) is 17.7 Å². The normalized spacial score (nSPS) is 19.9. The molecule has 62 heavy (non-hydrogen) atoms. The third-order valence-electron chi connectivity index (χ3n) is 12.7. The fourth-order valence-corrected chi connectivity index (χ4v) is 9.65. The van der Waals surface area contributed by atoms with Crippen molar-refractivity contribution in [3.8, 4) is 11.5 Å². The molecule has 1 aliphatic carbocycles. The SMILES string of the molecule is CN1CCC2(CC1)CN(c1ncncc1Oc1ccccc1C(=O)NCCCCCCCNc1ccc3c(c1)C(=O)N(C1CCC(=O)NC1=O)C3=O)C2.CSNC1CCCCC1. The van der Waals surface area contributed by atoms with Gasteiger partial charge in [-0.2, -0.15) is 0 Å². The summed E-state index contributed by atoms with van der Waals surface area (Å²) in [5.41, 5.74) is 2.04. The summed E-state index contributed by atoms with van der Waals surface area (Å²) >= 11 is 1.76. The van der Waals surface area contributed by atoms with E-state index in [-0.39, 0.29) is 29.9 Å². The van der Waals surface area contributed by atoms with Crippen LogP contribution in [0.1, 0.15) is 121 Å². The molecule has 332 valence electrons. The van der Waals surface area contributed by atoms with Crippen LogP contribution in [0.3, 0.4) is 0 Å². The van der Waals surface area contributed by atoms with Crippen molar-refractivity contribution in [2.45, 2.75) is 102 Å². The zero-order chi connectivity index (χ0) is 43.5. The minimum atomic E-state index is -0.981. The highest BCUT2D eigenvalue weighted by Gasteiger charge is 2.46. The Bertz CT molecular complexity index is 2060. The fourth-order valence-electron chi connectivity index (χ4n) is 9.08. The highest BCUT2D eigenvalue weighted by Crippen LogP contribution is 2.44. The average molecular weight is 868 g/mol. The van der Waals surface area contributed by atoms with Crippen LogP contribution in [0.15, 0.2) is 55.0 Å². The molecule has 16 heteroatoms. The van der Waals surface area contributed by atoms with Crippen molar-refractivity contribution in [2.75, 3.05) is 62.8 Å². The third kappa shape index (κ3) is 11.1. The van der Waals surface area contributed by atoms with E-state index >= 15 is 0 Å². The quantitative estimate of drug-likeness (QED) is 0.0730. The lowest BCUT2D eigenvalue weighted by molar-refractivity contribution is -0.136. The molecule has 1 atom stereocenters. The minimum Gasteiger partial charge on any atom is -0.451 e. The van der Waals surface area contributed by atoms with E-state index in [1.807, 2.05) is 12.1 Å². The van der Waals surface area contributed by atoms with Gasteiger partial charge in [-0.05, 0) is 102 Å². The number of carbonyl (C=O) groups is 5. The zero-order valence-corrected chi connectivity index (χ0v) is 36.9. The van der Waals surface area contributed by atoms with E-state index in [0.29, 0.717) is 35.6 Å². The molecular formula is C46H61N9O6S. The molecule has 3 aromatic rings. The first-order chi connectivity index (χ1) is 30.1. The van der Waals surface area contributed by atoms with E-state index in [2.05, 4.69) is 53.7 Å². The second-order valence-corrected chi connectivity index (χ2v) is 17.9. The number of piperidine rings is 2. The van der Waals surface area contributed by atoms with Crippen LogP contribution < -0.4 is 30.3 Å². The summed E-state index contributed by atoms with van der Waals surface area (Å²) in [5, 5.41) is 8.57. The number of benzene rings is 2. The highest BCUT2D eigenvalue weighted by molar-refractivity contribution is 7.96. The van der Waals surface area contributed by atoms with Crippen LogP contribution in [0.2, 0.25) is 0 Å². The second-order valence-electron chi connectivity index (χ2n) is 17.3. The Balaban J connectivity index is 0.000000572. The maximum atomic E-state index is 13.2. The molecule has 1 aromatic heterocycles. The summed E-state index contributed by atoms with van der Waals surface area (Å²) in [5.74, 6) is -0.480. The van der Waals surface area contributed by atoms with E-state index in [1.54, 1.807) is 54.8 Å². The molecule has 3 saturated heterocycles. The van der Waals surface area contributed by atoms with Gasteiger partial charge in [-0.1, -0.05) is 62.6 Å². The maximum Gasteiger partial charge on any atom is 0.262 e. The topological polar surface area (TPSA) is 178 Å². The van der Waals surface area contributed by atoms with Crippen molar-refractivity contribution < 1.29 is 28.7 Å². The van der Waals surface area contributed by atoms with Gasteiger partial charge in [0.15, 0.2) is 11.6 Å². The number of unbranched alkanes of at least 4 members (excludes halogenated alkanes) is 4. The van der Waals surface area contributed by atoms with E-state index in [9.17, 15) is 24.0 Å². The summed E-state index contributed by atoms with van der Waals surface area (Å²) in [7, 11) is 2.18. The largest absolute Gasteiger partial charge is 0.451 e. The van der Waals surface area contributed by atoms with Crippen LogP contribution in [0.5, 0.6) is 11.5 Å². The Morgan fingerprint density at radius 1 is 0.887 bits per heavy atom. The van der Waals surface area contributed by atoms with Crippen molar-refractivity contribution in [3.63, 3.8) is 0 Å². The Labute approximate surface area is 369 Å². The maximum absolute atomic E-state index is 13.2. The first kappa shape index (κ1) is 45.0. The first-order valence-electron chi connectivity index (χ1n) is 22.3. The molecule has 0 bridgehead atoms. The van der Waals surface area contributed by atoms with Crippen molar-refractivity contribution in [1.82, 2.24) is 35.1 Å². The summed E-state index contributed by atoms with van der Waals surface area (Å²) in [6, 6.07) is 12.1. The van der Waals surface area contributed by atoms with Gasteiger partial charge in [0.2, 0.25) is 11.8 Å². The van der Waals surface area contributed by atoms with Crippen LogP contribution in [-0.4, -0.2) is 114 Å². The molecule has 0 radical (unpaired) electrons. The summed E-state index contributed by atoms with van der Waals surface area (Å²) in [4.78, 5) is 77.4. The summed E-state index contributed by atoms with van der Waals surface area (Å²) < 4.78 is 9.70. The van der Waals surface area contributed by atoms with Gasteiger partial charge in [-0.15, -0.1) is 0 Å². The van der Waals surface area contributed by atoms with Crippen LogP contribution in [0.25, 0.3) is 0 Å². The number of para-hydroxylation sites is 1. The smallest absolute Gasteiger partial charge is 0.262 e. The van der Waals surface area contributed by atoms with Crippen LogP contribution in [0.4, 0.5) is 11.5 Å². The Morgan fingerprint density at radius 3 is 2.37 bits per heavy atom. The molecule has 1 spiro atoms. The number of amides is 5. The molecule has 1 saturated carbocycles. The molecule has 15 nitrogen and oxygen atoms in total. The van der Waals surface area contributed by atoms with Gasteiger partial charge in [0.1, 0.15) is 18.1 Å². The lowest BCUT2D eigenvalue weighted by atomic mass is 9.72. The number of nitrogens with zero attached hydrogens (tertiary/aromatic N) is 5. The van der Waals surface area contributed by atoms with E-state index < -0.39 is 29.7 Å². The zero-order valence-electron chi connectivity index (χ0n) is 36.1. The minimum absolute atomic E-state index is 0.0832. The van der Waals surface area contributed by atoms with Gasteiger partial charge in [-0.3, -0.25) is 38.9 Å². The molecular weight excluding hydrogens is 807 g/mol. The molecule has 5 amide bonds. The summed E-state index contributed by atoms with van der Waals surface area (Å²) in [6.45, 7) is 5.37. The second kappa shape index (κ2) is 21.3. The molecule has 5 aliphatic rings. The van der Waals surface area contributed by atoms with E-state index in [4.69, 9.17) is 4.74 Å². The Kier molecular flexibility index (Phi) is 15.5. The highest BCUT2D eigenvalue weighted by atomic mass is 32.2. The molecule has 1 unspecified atom stereocenters. The van der Waals surface area contributed by atoms with Crippen molar-refractivity contribution in [2.24, 2.45) is 5.41 Å². The number of likely N-dealkylation sites (tertiary alicyclic amines) is 1. The van der Waals surface area contributed by atoms with Crippen LogP contribution in [0, 0.1) is 5.41 Å². The number of hydrogen-bond donors (Lipinski definition) is 4. The lowest BCUT2D eigenvalue weighted by Gasteiger charge is -2.54. The Hall–Kier alpha value is -5.06. The number of anilines is 2. The number of nitrogens with one attached hydrogen (secondary N) is 4. The van der Waals surface area contributed by atoms with Crippen molar-refractivity contribution in [1.29, 1.82) is 0 Å². The fraction of sp³-hybridized carbons (Fsp3) is 0.543. The van der Waals surface area contributed by atoms with E-state index in [0.717, 1.165) is 80.7 Å².